The van der Waals surface area contributed by atoms with Crippen molar-refractivity contribution in [1.82, 2.24) is 57.4 Å². The zero-order chi connectivity index (χ0) is 48.1. The second-order valence-corrected chi connectivity index (χ2v) is 16.8. The minimum atomic E-state index is -2.07. The number of ketones is 1. The summed E-state index contributed by atoms with van der Waals surface area (Å²) < 4.78 is 0. The van der Waals surface area contributed by atoms with Crippen LogP contribution in [0.15, 0.2) is 91.1 Å². The lowest BCUT2D eigenvalue weighted by Gasteiger charge is -2.41. The lowest BCUT2D eigenvalue weighted by Crippen LogP contribution is -2.72. The Labute approximate surface area is 386 Å². The van der Waals surface area contributed by atoms with E-state index in [4.69, 9.17) is 16.9 Å². The van der Waals surface area contributed by atoms with E-state index in [-0.39, 0.29) is 58.0 Å². The number of imide groups is 1. The first-order chi connectivity index (χ1) is 32.2. The van der Waals surface area contributed by atoms with E-state index in [1.54, 1.807) is 54.8 Å². The van der Waals surface area contributed by atoms with Crippen LogP contribution in [0.3, 0.4) is 0 Å². The molecule has 0 radical (unpaired) electrons. The fraction of sp³-hybridized carbons (Fsp3) is 0.422. The number of imidazole rings is 1. The van der Waals surface area contributed by atoms with Crippen LogP contribution in [0.4, 0.5) is 4.79 Å². The Morgan fingerprint density at radius 3 is 2.36 bits per heavy atom. The maximum absolute atomic E-state index is 15.4. The molecule has 6 rings (SSSR count). The summed E-state index contributed by atoms with van der Waals surface area (Å²) in [6.45, 7) is 4.39. The zero-order valence-corrected chi connectivity index (χ0v) is 36.9. The van der Waals surface area contributed by atoms with Crippen LogP contribution in [0.5, 0.6) is 0 Å². The number of hydrogen-bond acceptors (Lipinski definition) is 12. The number of Topliss-reactive ketones (excluding diaryl/α,β-unsaturated/α-hetero) is 1. The summed E-state index contributed by atoms with van der Waals surface area (Å²) in [6, 6.07) is -0.973. The van der Waals surface area contributed by atoms with Crippen LogP contribution in [-0.2, 0) is 46.4 Å². The highest BCUT2D eigenvalue weighted by Gasteiger charge is 2.52. The first kappa shape index (κ1) is 48.8. The van der Waals surface area contributed by atoms with E-state index in [1.807, 2.05) is 6.08 Å². The normalized spacial score (nSPS) is 28.7. The Kier molecular flexibility index (Phi) is 16.4. The number of guanidine groups is 1. The van der Waals surface area contributed by atoms with Crippen molar-refractivity contribution in [3.63, 3.8) is 0 Å². The molecule has 0 aliphatic carbocycles. The van der Waals surface area contributed by atoms with Gasteiger partial charge in [-0.05, 0) is 55.4 Å². The molecule has 2 bridgehead atoms. The molecule has 3 saturated heterocycles. The minimum Gasteiger partial charge on any atom is -0.387 e. The number of aromatic amines is 1. The molecule has 356 valence electrons. The highest BCUT2D eigenvalue weighted by molar-refractivity contribution is 6.09. The molecule has 1 aromatic carbocycles. The quantitative estimate of drug-likeness (QED) is 0.0712. The summed E-state index contributed by atoms with van der Waals surface area (Å²) >= 11 is 0. The van der Waals surface area contributed by atoms with Gasteiger partial charge in [-0.1, -0.05) is 61.2 Å². The summed E-state index contributed by atoms with van der Waals surface area (Å²) in [6.07, 6.45) is 10.7. The maximum atomic E-state index is 15.4. The van der Waals surface area contributed by atoms with Crippen molar-refractivity contribution in [3.8, 4) is 0 Å². The topological polar surface area (TPSA) is 341 Å². The molecule has 0 spiro atoms. The highest BCUT2D eigenvalue weighted by Crippen LogP contribution is 2.27. The molecule has 7 atom stereocenters. The number of nitrogens with one attached hydrogen (secondary N) is 10. The van der Waals surface area contributed by atoms with Crippen molar-refractivity contribution >= 4 is 53.2 Å². The number of carbonyl (C=O) groups excluding carboxylic acids is 8. The van der Waals surface area contributed by atoms with E-state index < -0.39 is 101 Å². The standard InChI is InChI=1S/C45H58N14O8/c1-26-10-4-3-8-17-49-23-28(26)21-33-38(62)54-30(37(46)61)13-7-9-18-53-45(16-19-51-43(47)48)35(60)15-14-31-42(66)59(44(67)57-31)34(22-29-24-50-25-52-29)40(64)55-32(20-27-11-5-2-6-12-27)39(63)58-36(45)41(65)56-33/h2-6,8,10-12,23-25,30-34,36,49,53H,1,7,9,13-22H2,(H2,46,61)(H,50,52)(H,54,62)(H,55,64)(H,56,65)(H,57,67)(H,58,63)(H4,47,48,51)/b8-3-,10-4-,28-23-/t30-,31-,32+,33-,34-,36+,45?/m0/s1. The predicted molar refractivity (Wildman–Crippen MR) is 244 cm³/mol. The molecule has 5 heterocycles. The van der Waals surface area contributed by atoms with Crippen LogP contribution in [-0.4, -0.2) is 130 Å². The van der Waals surface area contributed by atoms with Crippen LogP contribution < -0.4 is 54.0 Å². The summed E-state index contributed by atoms with van der Waals surface area (Å²) in [4.78, 5) is 123. The Morgan fingerprint density at radius 2 is 1.63 bits per heavy atom. The number of nitrogens with zero attached hydrogens (tertiary/aromatic N) is 2. The van der Waals surface area contributed by atoms with Crippen LogP contribution in [0.25, 0.3) is 0 Å². The number of benzene rings is 1. The fourth-order valence-corrected chi connectivity index (χ4v) is 8.54. The third kappa shape index (κ3) is 12.4. The van der Waals surface area contributed by atoms with E-state index >= 15 is 14.4 Å². The molecular formula is C45H58N14O8. The van der Waals surface area contributed by atoms with Gasteiger partial charge in [-0.3, -0.25) is 39.0 Å². The largest absolute Gasteiger partial charge is 0.387 e. The number of hydrogen-bond donors (Lipinski definition) is 12. The van der Waals surface area contributed by atoms with Crippen molar-refractivity contribution in [2.75, 3.05) is 19.6 Å². The van der Waals surface area contributed by atoms with Crippen molar-refractivity contribution in [2.24, 2.45) is 11.5 Å². The number of fused-ring (bicyclic) bond motifs is 3. The highest BCUT2D eigenvalue weighted by atomic mass is 16.2. The first-order valence-electron chi connectivity index (χ1n) is 22.1. The van der Waals surface area contributed by atoms with Crippen molar-refractivity contribution < 1.29 is 38.4 Å². The molecule has 1 aromatic heterocycles. The molecule has 22 heteroatoms. The average molecular weight is 923 g/mol. The second kappa shape index (κ2) is 22.5. The molecule has 2 aromatic rings. The number of urea groups is 1. The minimum absolute atomic E-state index is 0.0133. The smallest absolute Gasteiger partial charge is 0.325 e. The molecule has 67 heavy (non-hydrogen) atoms. The molecule has 8 amide bonds. The Morgan fingerprint density at radius 1 is 0.881 bits per heavy atom. The predicted octanol–water partition coefficient (Wildman–Crippen LogP) is -1.80. The first-order valence-corrected chi connectivity index (χ1v) is 22.1. The van der Waals surface area contributed by atoms with E-state index in [0.29, 0.717) is 35.4 Å². The van der Waals surface area contributed by atoms with Gasteiger partial charge >= 0.3 is 6.03 Å². The van der Waals surface area contributed by atoms with E-state index in [1.165, 1.54) is 12.5 Å². The summed E-state index contributed by atoms with van der Waals surface area (Å²) in [7, 11) is 0. The van der Waals surface area contributed by atoms with Gasteiger partial charge < -0.3 is 59.0 Å². The average Bonchev–Trinajstić information content (AvgIpc) is 3.93. The van der Waals surface area contributed by atoms with Gasteiger partial charge in [0.15, 0.2) is 11.7 Å². The lowest BCUT2D eigenvalue weighted by atomic mass is 9.78. The SMILES string of the molecule is C=C1/C=C\C=C/CN/C=C\1C[C@@H]1NC(=O)[C@H]2NC(=O)[C@@H](Cc3ccccc3)NC(=O)[C@H](Cc3cnc[nH]3)N3C(=O)N[C@@H](CCC(=O)C2(CCNC(=N)N)NCCCC[C@@H](C(N)=O)NC1=O)C3=O. The summed E-state index contributed by atoms with van der Waals surface area (Å²) in [5.41, 5.74) is 11.3. The van der Waals surface area contributed by atoms with E-state index in [2.05, 4.69) is 59.1 Å². The van der Waals surface area contributed by atoms with E-state index in [0.717, 1.165) is 4.90 Å². The molecule has 4 aliphatic heterocycles. The van der Waals surface area contributed by atoms with Gasteiger partial charge in [0.1, 0.15) is 41.8 Å². The number of carbonyl (C=O) groups is 8. The second-order valence-electron chi connectivity index (χ2n) is 16.8. The van der Waals surface area contributed by atoms with Crippen LogP contribution >= 0.6 is 0 Å². The number of amides is 8. The lowest BCUT2D eigenvalue weighted by molar-refractivity contribution is -0.141. The van der Waals surface area contributed by atoms with Crippen molar-refractivity contribution in [2.45, 2.75) is 99.6 Å². The Bertz CT molecular complexity index is 2310. The Balaban J connectivity index is 1.50. The number of H-pyrrole nitrogens is 1. The maximum Gasteiger partial charge on any atom is 0.325 e. The monoisotopic (exact) mass is 922 g/mol. The van der Waals surface area contributed by atoms with Crippen LogP contribution in [0.1, 0.15) is 56.2 Å². The van der Waals surface area contributed by atoms with Gasteiger partial charge in [0, 0.05) is 56.9 Å². The van der Waals surface area contributed by atoms with Crippen molar-refractivity contribution in [1.29, 1.82) is 5.41 Å². The van der Waals surface area contributed by atoms with Gasteiger partial charge in [-0.2, -0.15) is 0 Å². The Hall–Kier alpha value is -7.62. The molecule has 14 N–H and O–H groups in total. The summed E-state index contributed by atoms with van der Waals surface area (Å²) in [5.74, 6) is -6.34. The number of rotatable bonds is 10. The van der Waals surface area contributed by atoms with Crippen LogP contribution in [0.2, 0.25) is 0 Å². The number of primary amides is 1. The fourth-order valence-electron chi connectivity index (χ4n) is 8.54. The van der Waals surface area contributed by atoms with Gasteiger partial charge in [0.2, 0.25) is 29.5 Å². The third-order valence-electron chi connectivity index (χ3n) is 12.1. The van der Waals surface area contributed by atoms with Gasteiger partial charge in [-0.25, -0.2) is 14.7 Å². The molecule has 0 saturated carbocycles. The number of aromatic nitrogens is 2. The van der Waals surface area contributed by atoms with Gasteiger partial charge in [0.05, 0.1) is 6.33 Å². The molecule has 4 aliphatic rings. The zero-order valence-electron chi connectivity index (χ0n) is 36.9. The molecule has 22 nitrogen and oxygen atoms in total. The van der Waals surface area contributed by atoms with Gasteiger partial charge in [0.25, 0.3) is 5.91 Å². The van der Waals surface area contributed by atoms with Gasteiger partial charge in [-0.15, -0.1) is 0 Å². The van der Waals surface area contributed by atoms with Crippen LogP contribution in [0, 0.1) is 5.41 Å². The number of nitrogens with two attached hydrogens (primary N) is 2. The molecular weight excluding hydrogens is 865 g/mol. The molecule has 3 fully saturated rings. The summed E-state index contributed by atoms with van der Waals surface area (Å²) in [5, 5.41) is 30.6. The number of allylic oxidation sites excluding steroid dienone is 4. The van der Waals surface area contributed by atoms with Crippen molar-refractivity contribution in [3.05, 3.63) is 102 Å². The van der Waals surface area contributed by atoms with E-state index in [9.17, 15) is 24.0 Å². The third-order valence-corrected chi connectivity index (χ3v) is 12.1. The molecule has 1 unspecified atom stereocenters.